The first kappa shape index (κ1) is 14.3. The van der Waals surface area contributed by atoms with Crippen LogP contribution >= 0.6 is 22.9 Å². The molecule has 2 rings (SSSR count). The highest BCUT2D eigenvalue weighted by Crippen LogP contribution is 2.31. The van der Waals surface area contributed by atoms with Crippen molar-refractivity contribution in [1.29, 1.82) is 0 Å². The second-order valence-electron chi connectivity index (χ2n) is 5.16. The van der Waals surface area contributed by atoms with Crippen LogP contribution < -0.4 is 0 Å². The fourth-order valence-corrected chi connectivity index (χ4v) is 4.02. The maximum Gasteiger partial charge on any atom is 0.110 e. The summed E-state index contributed by atoms with van der Waals surface area (Å²) in [5.74, 6) is 0.529. The molecule has 0 aliphatic carbocycles. The number of hydrogen-bond donors (Lipinski definition) is 0. The van der Waals surface area contributed by atoms with Crippen LogP contribution in [-0.2, 0) is 5.88 Å². The molecule has 0 amide bonds. The number of likely N-dealkylation sites (tertiary alicyclic amines) is 1. The predicted molar refractivity (Wildman–Crippen MR) is 79.3 cm³/mol. The summed E-state index contributed by atoms with van der Waals surface area (Å²) in [7, 11) is 0. The summed E-state index contributed by atoms with van der Waals surface area (Å²) < 4.78 is 0. The van der Waals surface area contributed by atoms with Crippen molar-refractivity contribution in [3.8, 4) is 0 Å². The van der Waals surface area contributed by atoms with Gasteiger partial charge in [-0.2, -0.15) is 0 Å². The summed E-state index contributed by atoms with van der Waals surface area (Å²) in [6.45, 7) is 5.80. The SMILES string of the molecule is CCCC1CCCCN1C(C)c1nc(CCl)cs1. The Balaban J connectivity index is 2.07. The van der Waals surface area contributed by atoms with Crippen LogP contribution in [0.1, 0.15) is 62.7 Å². The van der Waals surface area contributed by atoms with Crippen LogP contribution in [0.15, 0.2) is 5.38 Å². The summed E-state index contributed by atoms with van der Waals surface area (Å²) in [4.78, 5) is 7.30. The molecule has 1 fully saturated rings. The molecule has 1 aromatic heterocycles. The third-order valence-electron chi connectivity index (χ3n) is 3.86. The number of halogens is 1. The van der Waals surface area contributed by atoms with E-state index in [0.717, 1.165) is 11.7 Å². The van der Waals surface area contributed by atoms with Crippen LogP contribution in [-0.4, -0.2) is 22.5 Å². The minimum atomic E-state index is 0.448. The Morgan fingerprint density at radius 3 is 3.06 bits per heavy atom. The van der Waals surface area contributed by atoms with Gasteiger partial charge in [-0.1, -0.05) is 19.8 Å². The molecular formula is C14H23ClN2S. The Morgan fingerprint density at radius 1 is 1.56 bits per heavy atom. The van der Waals surface area contributed by atoms with Crippen LogP contribution in [0, 0.1) is 0 Å². The van der Waals surface area contributed by atoms with Gasteiger partial charge in [-0.3, -0.25) is 4.90 Å². The molecule has 1 aromatic rings. The van der Waals surface area contributed by atoms with Gasteiger partial charge in [-0.15, -0.1) is 22.9 Å². The molecule has 0 aromatic carbocycles. The Hall–Kier alpha value is -0.120. The lowest BCUT2D eigenvalue weighted by atomic mass is 9.96. The minimum absolute atomic E-state index is 0.448. The maximum absolute atomic E-state index is 5.84. The number of alkyl halides is 1. The first-order valence-electron chi connectivity index (χ1n) is 7.02. The minimum Gasteiger partial charge on any atom is -0.291 e. The molecule has 0 bridgehead atoms. The van der Waals surface area contributed by atoms with Crippen LogP contribution in [0.2, 0.25) is 0 Å². The number of nitrogens with zero attached hydrogens (tertiary/aromatic N) is 2. The van der Waals surface area contributed by atoms with E-state index in [1.807, 2.05) is 0 Å². The molecule has 0 radical (unpaired) electrons. The van der Waals surface area contributed by atoms with Gasteiger partial charge in [-0.25, -0.2) is 4.98 Å². The summed E-state index contributed by atoms with van der Waals surface area (Å²) in [5.41, 5.74) is 1.02. The topological polar surface area (TPSA) is 16.1 Å². The van der Waals surface area contributed by atoms with Crippen molar-refractivity contribution in [3.63, 3.8) is 0 Å². The Kier molecular flexibility index (Phi) is 5.46. The van der Waals surface area contributed by atoms with Crippen molar-refractivity contribution in [2.75, 3.05) is 6.54 Å². The molecule has 2 nitrogen and oxygen atoms in total. The number of piperidine rings is 1. The molecule has 2 unspecified atom stereocenters. The summed E-state index contributed by atoms with van der Waals surface area (Å²) >= 11 is 7.60. The van der Waals surface area contributed by atoms with Gasteiger partial charge in [0.25, 0.3) is 0 Å². The molecular weight excluding hydrogens is 264 g/mol. The van der Waals surface area contributed by atoms with Crippen LogP contribution in [0.4, 0.5) is 0 Å². The Labute approximate surface area is 119 Å². The van der Waals surface area contributed by atoms with Gasteiger partial charge in [0.05, 0.1) is 17.6 Å². The van der Waals surface area contributed by atoms with Crippen molar-refractivity contribution in [3.05, 3.63) is 16.1 Å². The predicted octanol–water partition coefficient (Wildman–Crippen LogP) is 4.60. The van der Waals surface area contributed by atoms with E-state index in [9.17, 15) is 0 Å². The van der Waals surface area contributed by atoms with Crippen LogP contribution in [0.3, 0.4) is 0 Å². The van der Waals surface area contributed by atoms with E-state index < -0.39 is 0 Å². The fraction of sp³-hybridized carbons (Fsp3) is 0.786. The van der Waals surface area contributed by atoms with Gasteiger partial charge in [0.1, 0.15) is 5.01 Å². The first-order chi connectivity index (χ1) is 8.76. The summed E-state index contributed by atoms with van der Waals surface area (Å²) in [6, 6.07) is 1.20. The van der Waals surface area contributed by atoms with Crippen molar-refractivity contribution < 1.29 is 0 Å². The molecule has 1 saturated heterocycles. The lowest BCUT2D eigenvalue weighted by molar-refractivity contribution is 0.0961. The van der Waals surface area contributed by atoms with Gasteiger partial charge in [0.2, 0.25) is 0 Å². The van der Waals surface area contributed by atoms with Crippen molar-refractivity contribution >= 4 is 22.9 Å². The molecule has 102 valence electrons. The van der Waals surface area contributed by atoms with Gasteiger partial charge < -0.3 is 0 Å². The van der Waals surface area contributed by atoms with E-state index in [-0.39, 0.29) is 0 Å². The third-order valence-corrected chi connectivity index (χ3v) is 5.19. The van der Waals surface area contributed by atoms with E-state index in [2.05, 4.69) is 29.1 Å². The van der Waals surface area contributed by atoms with Crippen molar-refractivity contribution in [2.45, 2.75) is 63.9 Å². The van der Waals surface area contributed by atoms with Gasteiger partial charge in [0, 0.05) is 11.4 Å². The van der Waals surface area contributed by atoms with Gasteiger partial charge in [0.15, 0.2) is 0 Å². The molecule has 18 heavy (non-hydrogen) atoms. The molecule has 2 heterocycles. The van der Waals surface area contributed by atoms with Crippen molar-refractivity contribution in [1.82, 2.24) is 9.88 Å². The number of thiazole rings is 1. The highest BCUT2D eigenvalue weighted by atomic mass is 35.5. The summed E-state index contributed by atoms with van der Waals surface area (Å²) in [5, 5.41) is 3.33. The monoisotopic (exact) mass is 286 g/mol. The smallest absolute Gasteiger partial charge is 0.110 e. The Morgan fingerprint density at radius 2 is 2.39 bits per heavy atom. The fourth-order valence-electron chi connectivity index (χ4n) is 2.89. The average molecular weight is 287 g/mol. The van der Waals surface area contributed by atoms with E-state index in [1.165, 1.54) is 43.7 Å². The van der Waals surface area contributed by atoms with Gasteiger partial charge in [-0.05, 0) is 32.7 Å². The standard InChI is InChI=1S/C14H23ClN2S/c1-3-6-13-7-4-5-8-17(13)11(2)14-16-12(9-15)10-18-14/h10-11,13H,3-9H2,1-2H3. The largest absolute Gasteiger partial charge is 0.291 e. The summed E-state index contributed by atoms with van der Waals surface area (Å²) in [6.07, 6.45) is 6.67. The molecule has 0 N–H and O–H groups in total. The molecule has 1 aliphatic heterocycles. The number of rotatable bonds is 5. The highest BCUT2D eigenvalue weighted by molar-refractivity contribution is 7.09. The third kappa shape index (κ3) is 3.25. The average Bonchev–Trinajstić information content (AvgIpc) is 2.88. The van der Waals surface area contributed by atoms with E-state index in [0.29, 0.717) is 11.9 Å². The highest BCUT2D eigenvalue weighted by Gasteiger charge is 2.27. The quantitative estimate of drug-likeness (QED) is 0.736. The lowest BCUT2D eigenvalue weighted by Gasteiger charge is -2.39. The van der Waals surface area contributed by atoms with Crippen molar-refractivity contribution in [2.24, 2.45) is 0 Å². The van der Waals surface area contributed by atoms with E-state index in [4.69, 9.17) is 11.6 Å². The second kappa shape index (κ2) is 6.88. The second-order valence-corrected chi connectivity index (χ2v) is 6.32. The molecule has 1 aliphatic rings. The molecule has 4 heteroatoms. The Bertz CT molecular complexity index is 364. The first-order valence-corrected chi connectivity index (χ1v) is 8.43. The van der Waals surface area contributed by atoms with Gasteiger partial charge >= 0.3 is 0 Å². The van der Waals surface area contributed by atoms with E-state index >= 15 is 0 Å². The van der Waals surface area contributed by atoms with Crippen LogP contribution in [0.5, 0.6) is 0 Å². The zero-order chi connectivity index (χ0) is 13.0. The molecule has 2 atom stereocenters. The number of hydrogen-bond acceptors (Lipinski definition) is 3. The zero-order valence-corrected chi connectivity index (χ0v) is 12.9. The lowest BCUT2D eigenvalue weighted by Crippen LogP contribution is -2.41. The van der Waals surface area contributed by atoms with Crippen LogP contribution in [0.25, 0.3) is 0 Å². The molecule has 0 saturated carbocycles. The zero-order valence-electron chi connectivity index (χ0n) is 11.4. The molecule has 0 spiro atoms. The number of aromatic nitrogens is 1. The maximum atomic E-state index is 5.84. The van der Waals surface area contributed by atoms with E-state index in [1.54, 1.807) is 11.3 Å². The normalized spacial score (nSPS) is 23.2.